The van der Waals surface area contributed by atoms with Gasteiger partial charge in [0.15, 0.2) is 0 Å². The molecule has 120 valence electrons. The van der Waals surface area contributed by atoms with Gasteiger partial charge >= 0.3 is 11.9 Å². The molecule has 0 aliphatic heterocycles. The zero-order valence-corrected chi connectivity index (χ0v) is 13.1. The number of carboxylic acids is 1. The van der Waals surface area contributed by atoms with Crippen LogP contribution in [0.3, 0.4) is 0 Å². The van der Waals surface area contributed by atoms with Gasteiger partial charge in [0.05, 0.1) is 0 Å². The molecule has 2 aromatic carbocycles. The third kappa shape index (κ3) is 4.95. The summed E-state index contributed by atoms with van der Waals surface area (Å²) in [4.78, 5) is 22.6. The lowest BCUT2D eigenvalue weighted by Gasteiger charge is -2.11. The Morgan fingerprint density at radius 2 is 1.65 bits per heavy atom. The van der Waals surface area contributed by atoms with E-state index in [1.54, 1.807) is 12.1 Å². The number of carbonyl (C=O) groups is 2. The van der Waals surface area contributed by atoms with E-state index >= 15 is 0 Å². The number of aryl methyl sites for hydroxylation is 2. The standard InChI is InChI=1S/C19H20O4/c1-14(20)23-17-13-7-12-16(18(17)19(21)22)11-6-5-10-15-8-3-2-4-9-15/h2-4,7-9,12-13H,5-6,10-11H2,1H3,(H,21,22). The van der Waals surface area contributed by atoms with E-state index in [0.717, 1.165) is 19.3 Å². The van der Waals surface area contributed by atoms with Crippen LogP contribution in [0.2, 0.25) is 0 Å². The van der Waals surface area contributed by atoms with Crippen LogP contribution in [0, 0.1) is 0 Å². The van der Waals surface area contributed by atoms with Crippen molar-refractivity contribution in [2.75, 3.05) is 0 Å². The molecule has 0 spiro atoms. The van der Waals surface area contributed by atoms with Crippen molar-refractivity contribution in [3.8, 4) is 5.75 Å². The zero-order chi connectivity index (χ0) is 16.7. The summed E-state index contributed by atoms with van der Waals surface area (Å²) in [7, 11) is 0. The zero-order valence-electron chi connectivity index (χ0n) is 13.1. The Hall–Kier alpha value is -2.62. The van der Waals surface area contributed by atoms with Gasteiger partial charge in [0, 0.05) is 6.92 Å². The van der Waals surface area contributed by atoms with E-state index in [1.807, 2.05) is 18.2 Å². The first-order valence-electron chi connectivity index (χ1n) is 7.65. The highest BCUT2D eigenvalue weighted by molar-refractivity contribution is 5.93. The van der Waals surface area contributed by atoms with Crippen molar-refractivity contribution in [1.29, 1.82) is 0 Å². The van der Waals surface area contributed by atoms with Crippen molar-refractivity contribution in [3.05, 3.63) is 65.2 Å². The average molecular weight is 312 g/mol. The Bertz CT molecular complexity index is 677. The van der Waals surface area contributed by atoms with E-state index in [9.17, 15) is 14.7 Å². The summed E-state index contributed by atoms with van der Waals surface area (Å²) in [5, 5.41) is 9.40. The Morgan fingerprint density at radius 1 is 0.957 bits per heavy atom. The molecular formula is C19H20O4. The van der Waals surface area contributed by atoms with Crippen LogP contribution >= 0.6 is 0 Å². The fourth-order valence-corrected chi connectivity index (χ4v) is 2.56. The van der Waals surface area contributed by atoms with Gasteiger partial charge in [0.1, 0.15) is 11.3 Å². The molecule has 0 aromatic heterocycles. The number of carbonyl (C=O) groups excluding carboxylic acids is 1. The monoisotopic (exact) mass is 312 g/mol. The van der Waals surface area contributed by atoms with Gasteiger partial charge in [-0.1, -0.05) is 42.5 Å². The number of benzene rings is 2. The molecule has 0 atom stereocenters. The molecule has 0 aliphatic rings. The normalized spacial score (nSPS) is 10.3. The summed E-state index contributed by atoms with van der Waals surface area (Å²) in [6.07, 6.45) is 3.45. The van der Waals surface area contributed by atoms with Crippen LogP contribution in [0.5, 0.6) is 5.75 Å². The second-order valence-electron chi connectivity index (χ2n) is 5.38. The molecule has 0 amide bonds. The van der Waals surface area contributed by atoms with Crippen LogP contribution in [0.15, 0.2) is 48.5 Å². The van der Waals surface area contributed by atoms with Crippen LogP contribution < -0.4 is 4.74 Å². The number of aromatic carboxylic acids is 1. The van der Waals surface area contributed by atoms with E-state index in [4.69, 9.17) is 4.74 Å². The molecule has 4 heteroatoms. The van der Waals surface area contributed by atoms with Crippen LogP contribution in [-0.4, -0.2) is 17.0 Å². The van der Waals surface area contributed by atoms with Crippen molar-refractivity contribution in [2.45, 2.75) is 32.6 Å². The molecular weight excluding hydrogens is 292 g/mol. The predicted octanol–water partition coefficient (Wildman–Crippen LogP) is 3.88. The molecule has 0 bridgehead atoms. The fraction of sp³-hybridized carbons (Fsp3) is 0.263. The SMILES string of the molecule is CC(=O)Oc1cccc(CCCCc2ccccc2)c1C(=O)O. The molecule has 4 nitrogen and oxygen atoms in total. The number of unbranched alkanes of at least 4 members (excludes halogenated alkanes) is 1. The summed E-state index contributed by atoms with van der Waals surface area (Å²) in [6.45, 7) is 1.26. The fourth-order valence-electron chi connectivity index (χ4n) is 2.56. The summed E-state index contributed by atoms with van der Waals surface area (Å²) in [6, 6.07) is 15.2. The Morgan fingerprint density at radius 3 is 2.30 bits per heavy atom. The minimum absolute atomic E-state index is 0.0856. The van der Waals surface area contributed by atoms with Gasteiger partial charge in [-0.15, -0.1) is 0 Å². The Balaban J connectivity index is 2.01. The number of esters is 1. The highest BCUT2D eigenvalue weighted by Gasteiger charge is 2.17. The molecule has 0 unspecified atom stereocenters. The maximum Gasteiger partial charge on any atom is 0.339 e. The maximum atomic E-state index is 11.5. The van der Waals surface area contributed by atoms with Crippen LogP contribution in [-0.2, 0) is 17.6 Å². The molecule has 0 radical (unpaired) electrons. The van der Waals surface area contributed by atoms with E-state index in [-0.39, 0.29) is 11.3 Å². The van der Waals surface area contributed by atoms with Crippen molar-refractivity contribution in [1.82, 2.24) is 0 Å². The van der Waals surface area contributed by atoms with Gasteiger partial charge in [-0.2, -0.15) is 0 Å². The van der Waals surface area contributed by atoms with Crippen LogP contribution in [0.4, 0.5) is 0 Å². The highest BCUT2D eigenvalue weighted by Crippen LogP contribution is 2.24. The minimum atomic E-state index is -1.07. The molecule has 0 heterocycles. The number of hydrogen-bond acceptors (Lipinski definition) is 3. The number of carboxylic acid groups (broad SMARTS) is 1. The lowest BCUT2D eigenvalue weighted by molar-refractivity contribution is -0.131. The second kappa shape index (κ2) is 8.13. The number of hydrogen-bond donors (Lipinski definition) is 1. The topological polar surface area (TPSA) is 63.6 Å². The lowest BCUT2D eigenvalue weighted by atomic mass is 9.99. The molecule has 2 rings (SSSR count). The first-order chi connectivity index (χ1) is 11.1. The largest absolute Gasteiger partial charge is 0.478 e. The summed E-state index contributed by atoms with van der Waals surface area (Å²) in [5.74, 6) is -1.47. The smallest absolute Gasteiger partial charge is 0.339 e. The van der Waals surface area contributed by atoms with Gasteiger partial charge < -0.3 is 9.84 Å². The van der Waals surface area contributed by atoms with E-state index in [0.29, 0.717) is 12.0 Å². The van der Waals surface area contributed by atoms with Gasteiger partial charge in [-0.3, -0.25) is 4.79 Å². The number of ether oxygens (including phenoxy) is 1. The summed E-state index contributed by atoms with van der Waals surface area (Å²) in [5.41, 5.74) is 2.06. The molecule has 2 aromatic rings. The Kier molecular flexibility index (Phi) is 5.92. The van der Waals surface area contributed by atoms with Crippen molar-refractivity contribution in [3.63, 3.8) is 0 Å². The molecule has 0 saturated carbocycles. The third-order valence-electron chi connectivity index (χ3n) is 3.58. The Labute approximate surface area is 135 Å². The van der Waals surface area contributed by atoms with Gasteiger partial charge in [0.2, 0.25) is 0 Å². The maximum absolute atomic E-state index is 11.5. The minimum Gasteiger partial charge on any atom is -0.478 e. The van der Waals surface area contributed by atoms with E-state index in [1.165, 1.54) is 18.6 Å². The highest BCUT2D eigenvalue weighted by atomic mass is 16.5. The van der Waals surface area contributed by atoms with Gasteiger partial charge in [-0.05, 0) is 42.9 Å². The summed E-state index contributed by atoms with van der Waals surface area (Å²) >= 11 is 0. The van der Waals surface area contributed by atoms with Crippen molar-refractivity contribution < 1.29 is 19.4 Å². The van der Waals surface area contributed by atoms with Crippen LogP contribution in [0.1, 0.15) is 41.3 Å². The lowest BCUT2D eigenvalue weighted by Crippen LogP contribution is -2.10. The third-order valence-corrected chi connectivity index (χ3v) is 3.58. The summed E-state index contributed by atoms with van der Waals surface area (Å²) < 4.78 is 5.00. The molecule has 0 aliphatic carbocycles. The molecule has 1 N–H and O–H groups in total. The average Bonchev–Trinajstić information content (AvgIpc) is 2.52. The van der Waals surface area contributed by atoms with Crippen LogP contribution in [0.25, 0.3) is 0 Å². The number of rotatable bonds is 7. The van der Waals surface area contributed by atoms with E-state index < -0.39 is 11.9 Å². The van der Waals surface area contributed by atoms with Crippen molar-refractivity contribution in [2.24, 2.45) is 0 Å². The second-order valence-corrected chi connectivity index (χ2v) is 5.38. The first kappa shape index (κ1) is 16.7. The van der Waals surface area contributed by atoms with Gasteiger partial charge in [0.25, 0.3) is 0 Å². The first-order valence-corrected chi connectivity index (χ1v) is 7.65. The van der Waals surface area contributed by atoms with Crippen molar-refractivity contribution >= 4 is 11.9 Å². The molecule has 0 saturated heterocycles. The van der Waals surface area contributed by atoms with E-state index in [2.05, 4.69) is 12.1 Å². The van der Waals surface area contributed by atoms with Gasteiger partial charge in [-0.25, -0.2) is 4.79 Å². The quantitative estimate of drug-likeness (QED) is 0.479. The predicted molar refractivity (Wildman–Crippen MR) is 87.8 cm³/mol. The molecule has 23 heavy (non-hydrogen) atoms. The molecule has 0 fully saturated rings.